The maximum Gasteiger partial charge on any atom is 0.494 e. The Balaban J connectivity index is 1.90. The summed E-state index contributed by atoms with van der Waals surface area (Å²) in [5.41, 5.74) is 0.209. The molecule has 2 aromatic carbocycles. The zero-order valence-corrected chi connectivity index (χ0v) is 17.6. The molecular formula is C19H23BClNO4S. The second-order valence-corrected chi connectivity index (χ2v) is 9.96. The van der Waals surface area contributed by atoms with E-state index in [0.717, 1.165) is 5.46 Å². The van der Waals surface area contributed by atoms with E-state index in [1.807, 2.05) is 27.7 Å². The Hall–Kier alpha value is -1.54. The maximum absolute atomic E-state index is 12.8. The molecule has 27 heavy (non-hydrogen) atoms. The van der Waals surface area contributed by atoms with E-state index in [9.17, 15) is 8.42 Å². The van der Waals surface area contributed by atoms with Gasteiger partial charge >= 0.3 is 7.12 Å². The minimum absolute atomic E-state index is 0.207. The monoisotopic (exact) mass is 407 g/mol. The fourth-order valence-corrected chi connectivity index (χ4v) is 4.39. The van der Waals surface area contributed by atoms with Crippen LogP contribution in [0.25, 0.3) is 0 Å². The van der Waals surface area contributed by atoms with Gasteiger partial charge in [-0.15, -0.1) is 0 Å². The molecule has 2 aromatic rings. The molecule has 0 aliphatic carbocycles. The number of rotatable bonds is 4. The molecule has 3 rings (SSSR count). The minimum Gasteiger partial charge on any atom is -0.399 e. The normalized spacial score (nSPS) is 18.5. The lowest BCUT2D eigenvalue weighted by molar-refractivity contribution is 0.00578. The van der Waals surface area contributed by atoms with Crippen LogP contribution in [0.4, 0.5) is 5.69 Å². The number of halogens is 1. The summed E-state index contributed by atoms with van der Waals surface area (Å²) >= 11 is 6.42. The number of nitrogens with zero attached hydrogens (tertiary/aromatic N) is 1. The number of hydrogen-bond donors (Lipinski definition) is 0. The number of hydrogen-bond acceptors (Lipinski definition) is 4. The van der Waals surface area contributed by atoms with Crippen molar-refractivity contribution in [1.82, 2.24) is 0 Å². The van der Waals surface area contributed by atoms with Crippen molar-refractivity contribution in [2.24, 2.45) is 0 Å². The fourth-order valence-electron chi connectivity index (χ4n) is 2.78. The average molecular weight is 408 g/mol. The van der Waals surface area contributed by atoms with Crippen molar-refractivity contribution >= 4 is 39.9 Å². The first-order valence-electron chi connectivity index (χ1n) is 8.65. The highest BCUT2D eigenvalue weighted by atomic mass is 35.5. The van der Waals surface area contributed by atoms with E-state index in [4.69, 9.17) is 20.9 Å². The van der Waals surface area contributed by atoms with Gasteiger partial charge in [0.1, 0.15) is 0 Å². The molecule has 8 heteroatoms. The molecule has 5 nitrogen and oxygen atoms in total. The molecule has 144 valence electrons. The summed E-state index contributed by atoms with van der Waals surface area (Å²) in [4.78, 5) is 0.207. The van der Waals surface area contributed by atoms with Gasteiger partial charge in [0.2, 0.25) is 0 Å². The first-order valence-corrected chi connectivity index (χ1v) is 10.5. The van der Waals surface area contributed by atoms with Gasteiger partial charge in [-0.1, -0.05) is 35.9 Å². The average Bonchev–Trinajstić information content (AvgIpc) is 2.82. The van der Waals surface area contributed by atoms with Crippen LogP contribution in [-0.2, 0) is 19.3 Å². The second-order valence-electron chi connectivity index (χ2n) is 7.58. The van der Waals surface area contributed by atoms with Crippen molar-refractivity contribution in [3.8, 4) is 0 Å². The van der Waals surface area contributed by atoms with Gasteiger partial charge in [0, 0.05) is 7.05 Å². The van der Waals surface area contributed by atoms with E-state index in [1.54, 1.807) is 48.5 Å². The third-order valence-corrected chi connectivity index (χ3v) is 7.33. The van der Waals surface area contributed by atoms with E-state index in [1.165, 1.54) is 11.4 Å². The topological polar surface area (TPSA) is 55.8 Å². The lowest BCUT2D eigenvalue weighted by Gasteiger charge is -2.32. The van der Waals surface area contributed by atoms with Crippen LogP contribution in [0.5, 0.6) is 0 Å². The highest BCUT2D eigenvalue weighted by Gasteiger charge is 2.51. The molecule has 0 atom stereocenters. The summed E-state index contributed by atoms with van der Waals surface area (Å²) in [6.07, 6.45) is 0. The first-order chi connectivity index (χ1) is 12.5. The Morgan fingerprint density at radius 2 is 1.52 bits per heavy atom. The van der Waals surface area contributed by atoms with Crippen molar-refractivity contribution in [3.63, 3.8) is 0 Å². The molecule has 0 unspecified atom stereocenters. The van der Waals surface area contributed by atoms with Crippen LogP contribution in [0.2, 0.25) is 5.02 Å². The summed E-state index contributed by atoms with van der Waals surface area (Å²) < 4.78 is 38.9. The predicted molar refractivity (Wildman–Crippen MR) is 109 cm³/mol. The van der Waals surface area contributed by atoms with E-state index < -0.39 is 28.3 Å². The summed E-state index contributed by atoms with van der Waals surface area (Å²) in [7, 11) is -2.77. The van der Waals surface area contributed by atoms with Crippen LogP contribution >= 0.6 is 11.6 Å². The smallest absolute Gasteiger partial charge is 0.399 e. The quantitative estimate of drug-likeness (QED) is 0.728. The molecule has 1 fully saturated rings. The van der Waals surface area contributed by atoms with Crippen LogP contribution in [0.3, 0.4) is 0 Å². The van der Waals surface area contributed by atoms with Crippen LogP contribution in [0, 0.1) is 0 Å². The third kappa shape index (κ3) is 3.61. The third-order valence-electron chi connectivity index (χ3n) is 5.24. The summed E-state index contributed by atoms with van der Waals surface area (Å²) in [5.74, 6) is 0. The molecule has 0 radical (unpaired) electrons. The van der Waals surface area contributed by atoms with Crippen molar-refractivity contribution < 1.29 is 17.7 Å². The SMILES string of the molecule is CN(c1ccc(B2OC(C)(C)C(C)(C)O2)cc1Cl)S(=O)(=O)c1ccccc1. The molecule has 0 N–H and O–H groups in total. The Labute approximate surface area is 166 Å². The Morgan fingerprint density at radius 3 is 2.04 bits per heavy atom. The summed E-state index contributed by atoms with van der Waals surface area (Å²) in [6.45, 7) is 7.90. The molecule has 1 heterocycles. The number of benzene rings is 2. The van der Waals surface area contributed by atoms with E-state index >= 15 is 0 Å². The maximum atomic E-state index is 12.8. The van der Waals surface area contributed by atoms with Crippen LogP contribution < -0.4 is 9.77 Å². The number of anilines is 1. The van der Waals surface area contributed by atoms with Gasteiger partial charge in [0.15, 0.2) is 0 Å². The zero-order chi connectivity index (χ0) is 20.0. The van der Waals surface area contributed by atoms with Crippen molar-refractivity contribution in [2.45, 2.75) is 43.8 Å². The molecular weight excluding hydrogens is 385 g/mol. The Bertz CT molecular complexity index is 931. The van der Waals surface area contributed by atoms with Gasteiger partial charge in [-0.25, -0.2) is 8.42 Å². The van der Waals surface area contributed by atoms with E-state index in [0.29, 0.717) is 10.7 Å². The number of sulfonamides is 1. The molecule has 0 spiro atoms. The largest absolute Gasteiger partial charge is 0.494 e. The van der Waals surface area contributed by atoms with Crippen LogP contribution in [-0.4, -0.2) is 33.8 Å². The van der Waals surface area contributed by atoms with Gasteiger partial charge < -0.3 is 9.31 Å². The highest BCUT2D eigenvalue weighted by molar-refractivity contribution is 7.92. The predicted octanol–water partition coefficient (Wildman–Crippen LogP) is 3.46. The van der Waals surface area contributed by atoms with E-state index in [-0.39, 0.29) is 4.90 Å². The van der Waals surface area contributed by atoms with E-state index in [2.05, 4.69) is 0 Å². The molecule has 0 bridgehead atoms. The van der Waals surface area contributed by atoms with Gasteiger partial charge in [0.05, 0.1) is 26.8 Å². The zero-order valence-electron chi connectivity index (χ0n) is 16.1. The van der Waals surface area contributed by atoms with Gasteiger partial charge in [-0.05, 0) is 57.4 Å². The Morgan fingerprint density at radius 1 is 0.963 bits per heavy atom. The van der Waals surface area contributed by atoms with Crippen LogP contribution in [0.15, 0.2) is 53.4 Å². The van der Waals surface area contributed by atoms with Crippen LogP contribution in [0.1, 0.15) is 27.7 Å². The molecule has 1 saturated heterocycles. The molecule has 0 saturated carbocycles. The van der Waals surface area contributed by atoms with Gasteiger partial charge in [-0.2, -0.15) is 0 Å². The molecule has 1 aliphatic rings. The van der Waals surface area contributed by atoms with Crippen molar-refractivity contribution in [3.05, 3.63) is 53.6 Å². The standard InChI is InChI=1S/C19H23BClNO4S/c1-18(2)19(3,4)26-20(25-18)14-11-12-17(16(21)13-14)22(5)27(23,24)15-9-7-6-8-10-15/h6-13H,1-5H3. The van der Waals surface area contributed by atoms with Gasteiger partial charge in [0.25, 0.3) is 10.0 Å². The Kier molecular flexibility index (Phi) is 5.10. The summed E-state index contributed by atoms with van der Waals surface area (Å²) in [5, 5.41) is 0.309. The minimum atomic E-state index is -3.70. The van der Waals surface area contributed by atoms with Gasteiger partial charge in [-0.3, -0.25) is 4.31 Å². The lowest BCUT2D eigenvalue weighted by atomic mass is 9.79. The first kappa shape index (κ1) is 20.2. The fraction of sp³-hybridized carbons (Fsp3) is 0.368. The highest BCUT2D eigenvalue weighted by Crippen LogP contribution is 2.37. The summed E-state index contributed by atoms with van der Waals surface area (Å²) in [6, 6.07) is 13.4. The van der Waals surface area contributed by atoms with Crippen molar-refractivity contribution in [1.29, 1.82) is 0 Å². The lowest BCUT2D eigenvalue weighted by Crippen LogP contribution is -2.41. The van der Waals surface area contributed by atoms with Crippen molar-refractivity contribution in [2.75, 3.05) is 11.4 Å². The molecule has 1 aliphatic heterocycles. The molecule has 0 aromatic heterocycles. The molecule has 0 amide bonds. The second kappa shape index (κ2) is 6.81.